The molecule has 1 atom stereocenters. The molecule has 0 spiro atoms. The number of nitrogens with zero attached hydrogens (tertiary/aromatic N) is 1. The van der Waals surface area contributed by atoms with Gasteiger partial charge in [0.05, 0.1) is 11.5 Å². The number of ether oxygens (including phenoxy) is 1. The third-order valence-electron chi connectivity index (χ3n) is 2.22. The van der Waals surface area contributed by atoms with Crippen LogP contribution in [0.15, 0.2) is 17.1 Å². The summed E-state index contributed by atoms with van der Waals surface area (Å²) < 4.78 is 4.75. The number of aromatic amines is 1. The van der Waals surface area contributed by atoms with E-state index >= 15 is 0 Å². The summed E-state index contributed by atoms with van der Waals surface area (Å²) in [5.74, 6) is -1.50. The van der Waals surface area contributed by atoms with Crippen LogP contribution < -0.4 is 5.43 Å². The van der Waals surface area contributed by atoms with E-state index in [1.807, 2.05) is 0 Å². The maximum absolute atomic E-state index is 11.5. The molecule has 0 aliphatic carbocycles. The van der Waals surface area contributed by atoms with Crippen LogP contribution in [0.2, 0.25) is 0 Å². The van der Waals surface area contributed by atoms with E-state index in [0.717, 1.165) is 6.07 Å². The molecule has 7 nitrogen and oxygen atoms in total. The SMILES string of the molecule is CCOC(=O)C(C)c1[nH]ccc(=O)c1[N+](=O)[O-]. The second kappa shape index (κ2) is 5.24. The van der Waals surface area contributed by atoms with Crippen LogP contribution in [-0.2, 0) is 9.53 Å². The molecule has 0 fully saturated rings. The molecule has 0 aliphatic heterocycles. The van der Waals surface area contributed by atoms with Gasteiger partial charge in [0.25, 0.3) is 5.43 Å². The lowest BCUT2D eigenvalue weighted by Gasteiger charge is -2.10. The van der Waals surface area contributed by atoms with Gasteiger partial charge in [0.2, 0.25) is 0 Å². The molecule has 1 heterocycles. The maximum Gasteiger partial charge on any atom is 0.336 e. The van der Waals surface area contributed by atoms with Crippen molar-refractivity contribution in [2.24, 2.45) is 0 Å². The summed E-state index contributed by atoms with van der Waals surface area (Å²) in [6, 6.07) is 1.04. The molecule has 0 aromatic carbocycles. The Labute approximate surface area is 96.6 Å². The maximum atomic E-state index is 11.5. The van der Waals surface area contributed by atoms with E-state index in [1.54, 1.807) is 6.92 Å². The van der Waals surface area contributed by atoms with Gasteiger partial charge in [0, 0.05) is 12.3 Å². The zero-order chi connectivity index (χ0) is 13.0. The van der Waals surface area contributed by atoms with Gasteiger partial charge < -0.3 is 9.72 Å². The summed E-state index contributed by atoms with van der Waals surface area (Å²) in [5.41, 5.74) is -1.39. The molecule has 0 aliphatic rings. The summed E-state index contributed by atoms with van der Waals surface area (Å²) in [4.78, 5) is 35.3. The van der Waals surface area contributed by atoms with Gasteiger partial charge in [-0.3, -0.25) is 19.7 Å². The van der Waals surface area contributed by atoms with E-state index in [0.29, 0.717) is 0 Å². The molecule has 1 aromatic rings. The van der Waals surface area contributed by atoms with Crippen LogP contribution in [0.4, 0.5) is 5.69 Å². The molecule has 92 valence electrons. The van der Waals surface area contributed by atoms with Crippen LogP contribution in [-0.4, -0.2) is 22.5 Å². The van der Waals surface area contributed by atoms with Gasteiger partial charge in [-0.05, 0) is 13.8 Å². The van der Waals surface area contributed by atoms with E-state index in [4.69, 9.17) is 4.74 Å². The molecule has 0 saturated heterocycles. The lowest BCUT2D eigenvalue weighted by Crippen LogP contribution is -2.19. The van der Waals surface area contributed by atoms with E-state index in [-0.39, 0.29) is 12.3 Å². The number of carbonyl (C=O) groups excluding carboxylic acids is 1. The van der Waals surface area contributed by atoms with Crippen molar-refractivity contribution in [1.82, 2.24) is 4.98 Å². The van der Waals surface area contributed by atoms with E-state index in [2.05, 4.69) is 4.98 Å². The topological polar surface area (TPSA) is 102 Å². The lowest BCUT2D eigenvalue weighted by molar-refractivity contribution is -0.387. The predicted octanol–water partition coefficient (Wildman–Crippen LogP) is 0.950. The van der Waals surface area contributed by atoms with Crippen molar-refractivity contribution in [1.29, 1.82) is 0 Å². The Morgan fingerprint density at radius 2 is 2.29 bits per heavy atom. The highest BCUT2D eigenvalue weighted by Crippen LogP contribution is 2.21. The minimum absolute atomic E-state index is 0.0408. The van der Waals surface area contributed by atoms with Crippen molar-refractivity contribution >= 4 is 11.7 Å². The second-order valence-corrected chi connectivity index (χ2v) is 3.34. The number of aromatic nitrogens is 1. The third-order valence-corrected chi connectivity index (χ3v) is 2.22. The standard InChI is InChI=1S/C10H12N2O5/c1-3-17-10(14)6(2)8-9(12(15)16)7(13)4-5-11-8/h4-6H,3H2,1-2H3,(H,11,13). The summed E-state index contributed by atoms with van der Waals surface area (Å²) in [6.07, 6.45) is 1.26. The minimum Gasteiger partial charge on any atom is -0.465 e. The molecule has 7 heteroatoms. The monoisotopic (exact) mass is 240 g/mol. The molecule has 0 amide bonds. The highest BCUT2D eigenvalue weighted by molar-refractivity contribution is 5.78. The largest absolute Gasteiger partial charge is 0.465 e. The zero-order valence-corrected chi connectivity index (χ0v) is 9.43. The van der Waals surface area contributed by atoms with E-state index in [9.17, 15) is 19.7 Å². The number of rotatable bonds is 4. The minimum atomic E-state index is -0.885. The molecule has 0 bridgehead atoms. The Kier molecular flexibility index (Phi) is 3.97. The van der Waals surface area contributed by atoms with Crippen molar-refractivity contribution in [3.63, 3.8) is 0 Å². The van der Waals surface area contributed by atoms with Gasteiger partial charge in [-0.25, -0.2) is 0 Å². The first-order valence-corrected chi connectivity index (χ1v) is 5.01. The molecule has 0 radical (unpaired) electrons. The normalized spacial score (nSPS) is 11.9. The number of pyridine rings is 1. The van der Waals surface area contributed by atoms with Crippen LogP contribution in [0.25, 0.3) is 0 Å². The summed E-state index contributed by atoms with van der Waals surface area (Å²) in [6.45, 7) is 3.25. The van der Waals surface area contributed by atoms with Crippen LogP contribution in [0.1, 0.15) is 25.5 Å². The predicted molar refractivity (Wildman–Crippen MR) is 58.8 cm³/mol. The molecule has 17 heavy (non-hydrogen) atoms. The Balaban J connectivity index is 3.22. The second-order valence-electron chi connectivity index (χ2n) is 3.34. The Morgan fingerprint density at radius 3 is 2.82 bits per heavy atom. The van der Waals surface area contributed by atoms with Crippen molar-refractivity contribution in [2.45, 2.75) is 19.8 Å². The van der Waals surface area contributed by atoms with Gasteiger partial charge >= 0.3 is 11.7 Å². The summed E-state index contributed by atoms with van der Waals surface area (Å²) in [7, 11) is 0. The van der Waals surface area contributed by atoms with Crippen molar-refractivity contribution < 1.29 is 14.5 Å². The fourth-order valence-electron chi connectivity index (χ4n) is 1.39. The van der Waals surface area contributed by atoms with Crippen molar-refractivity contribution in [3.05, 3.63) is 38.3 Å². The first-order valence-electron chi connectivity index (χ1n) is 5.01. The average molecular weight is 240 g/mol. The Hall–Kier alpha value is -2.18. The van der Waals surface area contributed by atoms with Crippen molar-refractivity contribution in [2.75, 3.05) is 6.61 Å². The van der Waals surface area contributed by atoms with Crippen LogP contribution >= 0.6 is 0 Å². The summed E-state index contributed by atoms with van der Waals surface area (Å²) in [5, 5.41) is 10.8. The number of esters is 1. The first-order chi connectivity index (χ1) is 7.99. The first kappa shape index (κ1) is 12.9. The number of nitro groups is 1. The molecular formula is C10H12N2O5. The lowest BCUT2D eigenvalue weighted by atomic mass is 10.1. The van der Waals surface area contributed by atoms with Gasteiger partial charge in [-0.2, -0.15) is 0 Å². The fourth-order valence-corrected chi connectivity index (χ4v) is 1.39. The number of carbonyl (C=O) groups is 1. The molecular weight excluding hydrogens is 228 g/mol. The van der Waals surface area contributed by atoms with E-state index < -0.39 is 27.9 Å². The highest BCUT2D eigenvalue weighted by atomic mass is 16.6. The average Bonchev–Trinajstić information content (AvgIpc) is 2.27. The molecule has 1 aromatic heterocycles. The van der Waals surface area contributed by atoms with E-state index in [1.165, 1.54) is 13.1 Å². The van der Waals surface area contributed by atoms with Gasteiger partial charge in [-0.1, -0.05) is 0 Å². The molecule has 0 saturated carbocycles. The number of hydrogen-bond donors (Lipinski definition) is 1. The molecule has 1 unspecified atom stereocenters. The molecule has 1 rings (SSSR count). The Morgan fingerprint density at radius 1 is 1.65 bits per heavy atom. The quantitative estimate of drug-likeness (QED) is 0.479. The van der Waals surface area contributed by atoms with Gasteiger partial charge in [0.1, 0.15) is 11.6 Å². The Bertz CT molecular complexity index is 494. The van der Waals surface area contributed by atoms with Crippen LogP contribution in [0.5, 0.6) is 0 Å². The molecule has 1 N–H and O–H groups in total. The van der Waals surface area contributed by atoms with Crippen LogP contribution in [0.3, 0.4) is 0 Å². The highest BCUT2D eigenvalue weighted by Gasteiger charge is 2.28. The van der Waals surface area contributed by atoms with Gasteiger partial charge in [0.15, 0.2) is 0 Å². The number of H-pyrrole nitrogens is 1. The third kappa shape index (κ3) is 2.68. The van der Waals surface area contributed by atoms with Crippen LogP contribution in [0, 0.1) is 10.1 Å². The fraction of sp³-hybridized carbons (Fsp3) is 0.400. The summed E-state index contributed by atoms with van der Waals surface area (Å²) >= 11 is 0. The zero-order valence-electron chi connectivity index (χ0n) is 9.43. The van der Waals surface area contributed by atoms with Gasteiger partial charge in [-0.15, -0.1) is 0 Å². The number of hydrogen-bond acceptors (Lipinski definition) is 5. The van der Waals surface area contributed by atoms with Crippen molar-refractivity contribution in [3.8, 4) is 0 Å². The smallest absolute Gasteiger partial charge is 0.336 e. The number of nitrogens with one attached hydrogen (secondary N) is 1.